The van der Waals surface area contributed by atoms with Gasteiger partial charge < -0.3 is 9.47 Å². The lowest BCUT2D eigenvalue weighted by atomic mass is 9.86. The maximum atomic E-state index is 12.3. The molecule has 4 aliphatic rings. The molecule has 3 nitrogen and oxygen atoms in total. The fourth-order valence-corrected chi connectivity index (χ4v) is 4.70. The lowest BCUT2D eigenvalue weighted by molar-refractivity contribution is -0.155. The molecule has 0 aromatic carbocycles. The first-order valence-electron chi connectivity index (χ1n) is 9.44. The van der Waals surface area contributed by atoms with Gasteiger partial charge in [-0.1, -0.05) is 37.6 Å². The van der Waals surface area contributed by atoms with Gasteiger partial charge in [-0.15, -0.1) is 0 Å². The average molecular weight is 316 g/mol. The minimum absolute atomic E-state index is 0.00798. The molecule has 2 aliphatic carbocycles. The number of hydrogen-bond donors (Lipinski definition) is 0. The maximum Gasteiger partial charge on any atom is 0.306 e. The number of carbonyl (C=O) groups is 1. The molecule has 7 atom stereocenters. The average Bonchev–Trinajstić information content (AvgIpc) is 3.45. The predicted molar refractivity (Wildman–Crippen MR) is 88.8 cm³/mol. The van der Waals surface area contributed by atoms with Crippen LogP contribution in [0.3, 0.4) is 0 Å². The van der Waals surface area contributed by atoms with Crippen molar-refractivity contribution in [3.05, 3.63) is 24.3 Å². The molecule has 2 saturated carbocycles. The Kier molecular flexibility index (Phi) is 4.31. The number of rotatable bonds is 2. The van der Waals surface area contributed by atoms with E-state index in [0.29, 0.717) is 36.4 Å². The van der Waals surface area contributed by atoms with Crippen LogP contribution in [0.1, 0.15) is 51.9 Å². The number of epoxide rings is 1. The molecule has 2 heterocycles. The zero-order chi connectivity index (χ0) is 15.8. The molecule has 3 heteroatoms. The summed E-state index contributed by atoms with van der Waals surface area (Å²) in [6.45, 7) is 2.25. The van der Waals surface area contributed by atoms with Gasteiger partial charge in [-0.25, -0.2) is 0 Å². The topological polar surface area (TPSA) is 38.8 Å². The van der Waals surface area contributed by atoms with Crippen molar-refractivity contribution in [1.82, 2.24) is 0 Å². The van der Waals surface area contributed by atoms with E-state index >= 15 is 0 Å². The van der Waals surface area contributed by atoms with Gasteiger partial charge in [-0.3, -0.25) is 4.79 Å². The molecule has 0 N–H and O–H groups in total. The molecular formula is C20H28O3. The van der Waals surface area contributed by atoms with E-state index in [4.69, 9.17) is 9.47 Å². The first-order valence-corrected chi connectivity index (χ1v) is 9.44. The van der Waals surface area contributed by atoms with Crippen LogP contribution in [0, 0.1) is 23.7 Å². The van der Waals surface area contributed by atoms with Crippen molar-refractivity contribution in [3.63, 3.8) is 0 Å². The molecule has 23 heavy (non-hydrogen) atoms. The number of esters is 1. The number of fused-ring (bicyclic) bond motifs is 3. The fraction of sp³-hybridized carbons (Fsp3) is 0.750. The summed E-state index contributed by atoms with van der Waals surface area (Å²) >= 11 is 0. The van der Waals surface area contributed by atoms with Crippen molar-refractivity contribution in [2.45, 2.75) is 70.2 Å². The monoisotopic (exact) mass is 316 g/mol. The second-order valence-electron chi connectivity index (χ2n) is 7.67. The molecule has 2 aliphatic heterocycles. The van der Waals surface area contributed by atoms with Crippen molar-refractivity contribution < 1.29 is 14.3 Å². The maximum absolute atomic E-state index is 12.3. The van der Waals surface area contributed by atoms with E-state index in [2.05, 4.69) is 31.2 Å². The summed E-state index contributed by atoms with van der Waals surface area (Å²) in [6, 6.07) is 0. The lowest BCUT2D eigenvalue weighted by Crippen LogP contribution is -2.33. The Morgan fingerprint density at radius 3 is 2.87 bits per heavy atom. The van der Waals surface area contributed by atoms with Crippen LogP contribution in [-0.2, 0) is 14.3 Å². The molecule has 3 fully saturated rings. The molecular weight excluding hydrogens is 288 g/mol. The van der Waals surface area contributed by atoms with E-state index in [1.165, 1.54) is 12.8 Å². The minimum Gasteiger partial charge on any atom is -0.462 e. The normalized spacial score (nSPS) is 48.7. The lowest BCUT2D eigenvalue weighted by Gasteiger charge is -2.29. The quantitative estimate of drug-likeness (QED) is 0.438. The van der Waals surface area contributed by atoms with Gasteiger partial charge in [0.1, 0.15) is 6.10 Å². The number of hydrogen-bond acceptors (Lipinski definition) is 3. The van der Waals surface area contributed by atoms with Crippen LogP contribution in [0.4, 0.5) is 0 Å². The number of ether oxygens (including phenoxy) is 2. The van der Waals surface area contributed by atoms with Gasteiger partial charge in [0.2, 0.25) is 0 Å². The van der Waals surface area contributed by atoms with Gasteiger partial charge in [0.15, 0.2) is 0 Å². The second-order valence-corrected chi connectivity index (χ2v) is 7.67. The summed E-state index contributed by atoms with van der Waals surface area (Å²) < 4.78 is 11.8. The molecule has 1 saturated heterocycles. The molecule has 0 unspecified atom stereocenters. The number of cyclic esters (lactones) is 1. The Morgan fingerprint density at radius 1 is 1.13 bits per heavy atom. The predicted octanol–water partition coefficient (Wildman–Crippen LogP) is 4.03. The van der Waals surface area contributed by atoms with Gasteiger partial charge in [0.05, 0.1) is 12.2 Å². The largest absolute Gasteiger partial charge is 0.462 e. The van der Waals surface area contributed by atoms with Crippen molar-refractivity contribution in [3.8, 4) is 0 Å². The fourth-order valence-electron chi connectivity index (χ4n) is 4.70. The van der Waals surface area contributed by atoms with Crippen molar-refractivity contribution in [2.24, 2.45) is 23.7 Å². The van der Waals surface area contributed by atoms with Crippen LogP contribution in [0.15, 0.2) is 24.3 Å². The van der Waals surface area contributed by atoms with Crippen molar-refractivity contribution >= 4 is 5.97 Å². The van der Waals surface area contributed by atoms with Crippen LogP contribution in [0.2, 0.25) is 0 Å². The van der Waals surface area contributed by atoms with E-state index in [0.717, 1.165) is 31.6 Å². The highest BCUT2D eigenvalue weighted by Crippen LogP contribution is 2.55. The smallest absolute Gasteiger partial charge is 0.306 e. The first-order chi connectivity index (χ1) is 11.3. The summed E-state index contributed by atoms with van der Waals surface area (Å²) in [5, 5.41) is 0. The van der Waals surface area contributed by atoms with Crippen LogP contribution in [0.25, 0.3) is 0 Å². The van der Waals surface area contributed by atoms with Gasteiger partial charge >= 0.3 is 5.97 Å². The van der Waals surface area contributed by atoms with E-state index in [-0.39, 0.29) is 12.1 Å². The van der Waals surface area contributed by atoms with Gasteiger partial charge in [-0.05, 0) is 43.9 Å². The Morgan fingerprint density at radius 2 is 2.04 bits per heavy atom. The summed E-state index contributed by atoms with van der Waals surface area (Å²) in [7, 11) is 0. The van der Waals surface area contributed by atoms with Gasteiger partial charge in [0.25, 0.3) is 0 Å². The Labute approximate surface area is 139 Å². The van der Waals surface area contributed by atoms with Crippen LogP contribution in [0.5, 0.6) is 0 Å². The Bertz CT molecular complexity index is 509. The zero-order valence-corrected chi connectivity index (χ0v) is 14.0. The molecule has 126 valence electrons. The summed E-state index contributed by atoms with van der Waals surface area (Å²) in [5.74, 6) is 2.25. The third-order valence-corrected chi connectivity index (χ3v) is 6.16. The van der Waals surface area contributed by atoms with E-state index in [1.54, 1.807) is 0 Å². The Hall–Kier alpha value is -1.09. The molecule has 4 rings (SSSR count). The third-order valence-electron chi connectivity index (χ3n) is 6.16. The summed E-state index contributed by atoms with van der Waals surface area (Å²) in [4.78, 5) is 12.3. The van der Waals surface area contributed by atoms with Gasteiger partial charge in [0, 0.05) is 18.3 Å². The summed E-state index contributed by atoms with van der Waals surface area (Å²) in [6.07, 6.45) is 16.8. The molecule has 0 aromatic heterocycles. The van der Waals surface area contributed by atoms with Crippen molar-refractivity contribution in [2.75, 3.05) is 0 Å². The summed E-state index contributed by atoms with van der Waals surface area (Å²) in [5.41, 5.74) is 0. The highest BCUT2D eigenvalue weighted by molar-refractivity contribution is 5.69. The van der Waals surface area contributed by atoms with Crippen molar-refractivity contribution in [1.29, 1.82) is 0 Å². The molecule has 0 spiro atoms. The van der Waals surface area contributed by atoms with Crippen LogP contribution < -0.4 is 0 Å². The Balaban J connectivity index is 1.54. The van der Waals surface area contributed by atoms with E-state index < -0.39 is 0 Å². The minimum atomic E-state index is 0.00798. The molecule has 0 amide bonds. The molecule has 0 radical (unpaired) electrons. The first kappa shape index (κ1) is 15.4. The molecule has 0 aromatic rings. The van der Waals surface area contributed by atoms with Crippen LogP contribution >= 0.6 is 0 Å². The standard InChI is InChI=1S/C20H28O3/c1-2-13-11-15(13)19-16-12-17-20(22-17)14(16)9-7-5-3-4-6-8-10-18(21)23-19/h3-4,7,9,13-17,19-20H,2,5-6,8,10-12H2,1H3/b4-3-,9-7-/t13-,14+,15+,16-,17+,19-,20-/m1/s1. The van der Waals surface area contributed by atoms with E-state index in [9.17, 15) is 4.79 Å². The number of allylic oxidation sites excluding steroid dienone is 3. The van der Waals surface area contributed by atoms with E-state index in [1.807, 2.05) is 0 Å². The highest BCUT2D eigenvalue weighted by atomic mass is 16.6. The molecule has 0 bridgehead atoms. The highest BCUT2D eigenvalue weighted by Gasteiger charge is 2.60. The SMILES string of the molecule is CC[C@@H]1C[C@@H]1[C@H]1OC(=O)CCC/C=C\C/C=C\[C@H]2[C@H]1C[C@@H]1O[C@H]21. The third kappa shape index (κ3) is 3.26. The van der Waals surface area contributed by atoms with Crippen LogP contribution in [-0.4, -0.2) is 24.3 Å². The second kappa shape index (κ2) is 6.43. The zero-order valence-electron chi connectivity index (χ0n) is 14.0. The van der Waals surface area contributed by atoms with Gasteiger partial charge in [-0.2, -0.15) is 0 Å². The number of carbonyl (C=O) groups excluding carboxylic acids is 1.